The first-order valence-electron chi connectivity index (χ1n) is 6.78. The zero-order chi connectivity index (χ0) is 12.0. The summed E-state index contributed by atoms with van der Waals surface area (Å²) in [7, 11) is 0. The first kappa shape index (κ1) is 13.9. The molecule has 3 nitrogen and oxygen atoms in total. The van der Waals surface area contributed by atoms with Crippen molar-refractivity contribution in [3.8, 4) is 0 Å². The fourth-order valence-corrected chi connectivity index (χ4v) is 2.43. The first-order chi connectivity index (χ1) is 7.67. The molecule has 0 aromatic heterocycles. The van der Waals surface area contributed by atoms with Gasteiger partial charge in [0.05, 0.1) is 6.61 Å². The van der Waals surface area contributed by atoms with Crippen LogP contribution in [0.3, 0.4) is 0 Å². The van der Waals surface area contributed by atoms with Gasteiger partial charge in [0, 0.05) is 18.1 Å². The maximum atomic E-state index is 9.19. The number of hydrogen-bond donors (Lipinski definition) is 2. The van der Waals surface area contributed by atoms with Crippen LogP contribution in [-0.4, -0.2) is 47.8 Å². The lowest BCUT2D eigenvalue weighted by atomic mass is 10.1. The Balaban J connectivity index is 2.35. The highest BCUT2D eigenvalue weighted by molar-refractivity contribution is 4.79. The fourth-order valence-electron chi connectivity index (χ4n) is 2.43. The van der Waals surface area contributed by atoms with Crippen molar-refractivity contribution < 1.29 is 5.11 Å². The Morgan fingerprint density at radius 3 is 2.62 bits per heavy atom. The molecule has 0 saturated carbocycles. The number of likely N-dealkylation sites (tertiary alicyclic amines) is 1. The highest BCUT2D eigenvalue weighted by atomic mass is 16.3. The molecule has 0 radical (unpaired) electrons. The summed E-state index contributed by atoms with van der Waals surface area (Å²) < 4.78 is 0. The Morgan fingerprint density at radius 2 is 2.06 bits per heavy atom. The Kier molecular flexibility index (Phi) is 6.32. The van der Waals surface area contributed by atoms with E-state index < -0.39 is 0 Å². The highest BCUT2D eigenvalue weighted by Gasteiger charge is 2.19. The van der Waals surface area contributed by atoms with Crippen molar-refractivity contribution in [3.05, 3.63) is 0 Å². The van der Waals surface area contributed by atoms with E-state index in [9.17, 15) is 5.11 Å². The van der Waals surface area contributed by atoms with E-state index in [1.54, 1.807) is 0 Å². The van der Waals surface area contributed by atoms with Crippen LogP contribution in [0, 0.1) is 0 Å². The molecule has 2 unspecified atom stereocenters. The van der Waals surface area contributed by atoms with Crippen LogP contribution < -0.4 is 5.32 Å². The summed E-state index contributed by atoms with van der Waals surface area (Å²) in [6.07, 6.45) is 4.76. The molecule has 1 aliphatic rings. The van der Waals surface area contributed by atoms with Gasteiger partial charge in [0.2, 0.25) is 0 Å². The Labute approximate surface area is 100 Å². The molecular weight excluding hydrogens is 200 g/mol. The van der Waals surface area contributed by atoms with Crippen LogP contribution in [0.1, 0.15) is 46.5 Å². The minimum Gasteiger partial charge on any atom is -0.395 e. The third-order valence-corrected chi connectivity index (χ3v) is 3.68. The van der Waals surface area contributed by atoms with Crippen LogP contribution in [0.25, 0.3) is 0 Å². The predicted molar refractivity (Wildman–Crippen MR) is 68.6 cm³/mol. The summed E-state index contributed by atoms with van der Waals surface area (Å²) >= 11 is 0. The van der Waals surface area contributed by atoms with E-state index in [1.165, 1.54) is 32.4 Å². The zero-order valence-corrected chi connectivity index (χ0v) is 11.1. The van der Waals surface area contributed by atoms with E-state index >= 15 is 0 Å². The number of nitrogens with one attached hydrogen (secondary N) is 1. The molecule has 96 valence electrons. The van der Waals surface area contributed by atoms with Gasteiger partial charge in [0.25, 0.3) is 0 Å². The maximum absolute atomic E-state index is 9.19. The molecule has 1 aliphatic heterocycles. The second kappa shape index (κ2) is 7.25. The van der Waals surface area contributed by atoms with Gasteiger partial charge in [-0.1, -0.05) is 6.92 Å². The van der Waals surface area contributed by atoms with Gasteiger partial charge in [0.1, 0.15) is 0 Å². The molecule has 1 heterocycles. The lowest BCUT2D eigenvalue weighted by molar-refractivity contribution is 0.214. The van der Waals surface area contributed by atoms with Gasteiger partial charge < -0.3 is 15.3 Å². The van der Waals surface area contributed by atoms with E-state index in [0.717, 1.165) is 6.42 Å². The number of rotatable bonds is 5. The summed E-state index contributed by atoms with van der Waals surface area (Å²) in [6.45, 7) is 9.36. The Bertz CT molecular complexity index is 181. The van der Waals surface area contributed by atoms with Crippen molar-refractivity contribution in [1.82, 2.24) is 10.2 Å². The van der Waals surface area contributed by atoms with Crippen molar-refractivity contribution in [2.45, 2.75) is 64.6 Å². The Morgan fingerprint density at radius 1 is 1.31 bits per heavy atom. The van der Waals surface area contributed by atoms with E-state index in [4.69, 9.17) is 0 Å². The van der Waals surface area contributed by atoms with Crippen molar-refractivity contribution in [2.75, 3.05) is 19.7 Å². The van der Waals surface area contributed by atoms with Gasteiger partial charge in [-0.3, -0.25) is 0 Å². The molecule has 2 N–H and O–H groups in total. The van der Waals surface area contributed by atoms with Crippen molar-refractivity contribution in [2.24, 2.45) is 0 Å². The molecule has 0 aliphatic carbocycles. The molecule has 3 heteroatoms. The lowest BCUT2D eigenvalue weighted by Crippen LogP contribution is -2.41. The molecule has 0 aromatic rings. The zero-order valence-electron chi connectivity index (χ0n) is 11.1. The van der Waals surface area contributed by atoms with Gasteiger partial charge in [-0.2, -0.15) is 0 Å². The molecule has 0 aromatic carbocycles. The highest BCUT2D eigenvalue weighted by Crippen LogP contribution is 2.14. The topological polar surface area (TPSA) is 35.5 Å². The Hall–Kier alpha value is -0.120. The van der Waals surface area contributed by atoms with Crippen LogP contribution in [0.5, 0.6) is 0 Å². The molecule has 1 rings (SSSR count). The molecular formula is C13H28N2O. The van der Waals surface area contributed by atoms with Crippen LogP contribution in [-0.2, 0) is 0 Å². The summed E-state index contributed by atoms with van der Waals surface area (Å²) in [5.74, 6) is 0. The molecule has 0 bridgehead atoms. The third-order valence-electron chi connectivity index (χ3n) is 3.68. The van der Waals surface area contributed by atoms with Crippen LogP contribution >= 0.6 is 0 Å². The van der Waals surface area contributed by atoms with Gasteiger partial charge >= 0.3 is 0 Å². The van der Waals surface area contributed by atoms with Crippen LogP contribution in [0.4, 0.5) is 0 Å². The first-order valence-corrected chi connectivity index (χ1v) is 6.78. The smallest absolute Gasteiger partial charge is 0.0584 e. The van der Waals surface area contributed by atoms with Crippen molar-refractivity contribution in [3.63, 3.8) is 0 Å². The average Bonchev–Trinajstić information content (AvgIpc) is 2.51. The molecule has 1 saturated heterocycles. The SMILES string of the molecule is CCC(CO)NC1CCCN(C(C)C)CC1. The summed E-state index contributed by atoms with van der Waals surface area (Å²) in [5.41, 5.74) is 0. The largest absolute Gasteiger partial charge is 0.395 e. The van der Waals surface area contributed by atoms with Gasteiger partial charge in [-0.15, -0.1) is 0 Å². The number of aliphatic hydroxyl groups excluding tert-OH is 1. The second-order valence-electron chi connectivity index (χ2n) is 5.21. The molecule has 0 amide bonds. The summed E-state index contributed by atoms with van der Waals surface area (Å²) in [6, 6.07) is 1.55. The van der Waals surface area contributed by atoms with E-state index in [0.29, 0.717) is 12.1 Å². The number of nitrogens with zero attached hydrogens (tertiary/aromatic N) is 1. The van der Waals surface area contributed by atoms with Gasteiger partial charge in [0.15, 0.2) is 0 Å². The minimum absolute atomic E-state index is 0.265. The van der Waals surface area contributed by atoms with Crippen LogP contribution in [0.2, 0.25) is 0 Å². The predicted octanol–water partition coefficient (Wildman–Crippen LogP) is 1.61. The summed E-state index contributed by atoms with van der Waals surface area (Å²) in [4.78, 5) is 2.56. The standard InChI is InChI=1S/C13H28N2O/c1-4-12(10-16)14-13-6-5-8-15(9-7-13)11(2)3/h11-14,16H,4-10H2,1-3H3. The van der Waals surface area contributed by atoms with Crippen molar-refractivity contribution >= 4 is 0 Å². The van der Waals surface area contributed by atoms with E-state index in [1.807, 2.05) is 0 Å². The normalized spacial score (nSPS) is 25.7. The summed E-state index contributed by atoms with van der Waals surface area (Å²) in [5, 5.41) is 12.8. The molecule has 16 heavy (non-hydrogen) atoms. The minimum atomic E-state index is 0.265. The van der Waals surface area contributed by atoms with Crippen molar-refractivity contribution in [1.29, 1.82) is 0 Å². The second-order valence-corrected chi connectivity index (χ2v) is 5.21. The van der Waals surface area contributed by atoms with Gasteiger partial charge in [-0.25, -0.2) is 0 Å². The molecule has 2 atom stereocenters. The van der Waals surface area contributed by atoms with Gasteiger partial charge in [-0.05, 0) is 52.6 Å². The quantitative estimate of drug-likeness (QED) is 0.750. The monoisotopic (exact) mass is 228 g/mol. The number of hydrogen-bond acceptors (Lipinski definition) is 3. The van der Waals surface area contributed by atoms with E-state index in [2.05, 4.69) is 31.0 Å². The lowest BCUT2D eigenvalue weighted by Gasteiger charge is -2.25. The van der Waals surface area contributed by atoms with Crippen LogP contribution in [0.15, 0.2) is 0 Å². The molecule has 1 fully saturated rings. The average molecular weight is 228 g/mol. The maximum Gasteiger partial charge on any atom is 0.0584 e. The third kappa shape index (κ3) is 4.40. The molecule has 0 spiro atoms. The van der Waals surface area contributed by atoms with E-state index in [-0.39, 0.29) is 12.6 Å². The fraction of sp³-hybridized carbons (Fsp3) is 1.00. The number of aliphatic hydroxyl groups is 1.